The van der Waals surface area contributed by atoms with E-state index in [-0.39, 0.29) is 6.04 Å². The van der Waals surface area contributed by atoms with E-state index in [0.29, 0.717) is 11.6 Å². The number of nitrogens with one attached hydrogen (secondary N) is 1. The lowest BCUT2D eigenvalue weighted by Gasteiger charge is -2.22. The summed E-state index contributed by atoms with van der Waals surface area (Å²) in [5, 5.41) is 3.50. The van der Waals surface area contributed by atoms with Gasteiger partial charge < -0.3 is 20.7 Å². The van der Waals surface area contributed by atoms with Gasteiger partial charge in [0.05, 0.1) is 13.2 Å². The Morgan fingerprint density at radius 3 is 3.11 bits per heavy atom. The monoisotopic (exact) mass is 283 g/mol. The van der Waals surface area contributed by atoms with Crippen LogP contribution in [0.5, 0.6) is 0 Å². The summed E-state index contributed by atoms with van der Waals surface area (Å²) in [7, 11) is 1.37. The van der Waals surface area contributed by atoms with Gasteiger partial charge >= 0.3 is 6.09 Å². The molecule has 0 bridgehead atoms. The predicted molar refractivity (Wildman–Crippen MR) is 75.5 cm³/mol. The minimum atomic E-state index is -0.392. The number of nitrogens with zero attached hydrogens (tertiary/aromatic N) is 1. The number of amides is 1. The molecule has 1 aliphatic rings. The Labute approximate surface area is 117 Å². The highest BCUT2D eigenvalue weighted by Crippen LogP contribution is 2.29. The molecule has 0 saturated carbocycles. The molecule has 5 nitrogen and oxygen atoms in total. The molecule has 2 rings (SSSR count). The van der Waals surface area contributed by atoms with Crippen molar-refractivity contribution < 1.29 is 9.53 Å². The number of rotatable bonds is 3. The molecular formula is C13H18ClN3O2. The van der Waals surface area contributed by atoms with Crippen molar-refractivity contribution in [2.75, 3.05) is 25.1 Å². The summed E-state index contributed by atoms with van der Waals surface area (Å²) in [6, 6.07) is 5.86. The number of benzene rings is 1. The van der Waals surface area contributed by atoms with Crippen LogP contribution in [-0.2, 0) is 11.3 Å². The lowest BCUT2D eigenvalue weighted by molar-refractivity contribution is 0.167. The van der Waals surface area contributed by atoms with Gasteiger partial charge in [-0.25, -0.2) is 4.79 Å². The van der Waals surface area contributed by atoms with Crippen molar-refractivity contribution >= 4 is 23.4 Å². The Morgan fingerprint density at radius 2 is 2.42 bits per heavy atom. The second-order valence-corrected chi connectivity index (χ2v) is 4.92. The van der Waals surface area contributed by atoms with Crippen LogP contribution in [0.25, 0.3) is 0 Å². The van der Waals surface area contributed by atoms with Gasteiger partial charge in [-0.05, 0) is 18.6 Å². The quantitative estimate of drug-likeness (QED) is 0.887. The first-order valence-electron chi connectivity index (χ1n) is 6.22. The molecule has 0 aromatic heterocycles. The van der Waals surface area contributed by atoms with Gasteiger partial charge in [0.1, 0.15) is 0 Å². The Bertz CT molecular complexity index is 467. The SMILES string of the molecule is COC(=O)NC1CCN(c2cccc(Cl)c2CN)C1. The number of nitrogens with two attached hydrogens (primary N) is 1. The van der Waals surface area contributed by atoms with Crippen LogP contribution in [0.15, 0.2) is 18.2 Å². The van der Waals surface area contributed by atoms with Crippen molar-refractivity contribution in [3.63, 3.8) is 0 Å². The highest BCUT2D eigenvalue weighted by Gasteiger charge is 2.25. The molecule has 1 heterocycles. The molecule has 1 aliphatic heterocycles. The van der Waals surface area contributed by atoms with Crippen molar-refractivity contribution in [1.82, 2.24) is 5.32 Å². The Morgan fingerprint density at radius 1 is 1.63 bits per heavy atom. The zero-order valence-electron chi connectivity index (χ0n) is 10.9. The number of halogens is 1. The molecule has 1 aromatic carbocycles. The first-order valence-corrected chi connectivity index (χ1v) is 6.60. The fourth-order valence-electron chi connectivity index (χ4n) is 2.37. The van der Waals surface area contributed by atoms with E-state index in [2.05, 4.69) is 15.0 Å². The molecule has 19 heavy (non-hydrogen) atoms. The molecule has 6 heteroatoms. The molecule has 1 amide bonds. The maximum Gasteiger partial charge on any atom is 0.407 e. The van der Waals surface area contributed by atoms with E-state index in [1.165, 1.54) is 7.11 Å². The van der Waals surface area contributed by atoms with Gasteiger partial charge in [0.2, 0.25) is 0 Å². The predicted octanol–water partition coefficient (Wildman–Crippen LogP) is 1.73. The van der Waals surface area contributed by atoms with Gasteiger partial charge in [-0.3, -0.25) is 0 Å². The third-order valence-electron chi connectivity index (χ3n) is 3.33. The largest absolute Gasteiger partial charge is 0.453 e. The highest BCUT2D eigenvalue weighted by molar-refractivity contribution is 6.31. The van der Waals surface area contributed by atoms with Crippen molar-refractivity contribution in [3.05, 3.63) is 28.8 Å². The normalized spacial score (nSPS) is 18.5. The number of carbonyl (C=O) groups is 1. The summed E-state index contributed by atoms with van der Waals surface area (Å²) in [5.41, 5.74) is 7.75. The summed E-state index contributed by atoms with van der Waals surface area (Å²) >= 11 is 6.15. The van der Waals surface area contributed by atoms with Crippen molar-refractivity contribution in [2.24, 2.45) is 5.73 Å². The second-order valence-electron chi connectivity index (χ2n) is 4.51. The van der Waals surface area contributed by atoms with Crippen molar-refractivity contribution in [3.8, 4) is 0 Å². The van der Waals surface area contributed by atoms with Gasteiger partial charge in [-0.15, -0.1) is 0 Å². The minimum absolute atomic E-state index is 0.0945. The summed E-state index contributed by atoms with van der Waals surface area (Å²) in [5.74, 6) is 0. The highest BCUT2D eigenvalue weighted by atomic mass is 35.5. The summed E-state index contributed by atoms with van der Waals surface area (Å²) in [6.07, 6.45) is 0.489. The fourth-order valence-corrected chi connectivity index (χ4v) is 2.61. The molecule has 104 valence electrons. The third kappa shape index (κ3) is 3.11. The van der Waals surface area contributed by atoms with Crippen LogP contribution in [0, 0.1) is 0 Å². The molecule has 0 spiro atoms. The van der Waals surface area contributed by atoms with Gasteiger partial charge in [0.15, 0.2) is 0 Å². The maximum absolute atomic E-state index is 11.2. The number of alkyl carbamates (subject to hydrolysis) is 1. The van der Waals surface area contributed by atoms with Crippen LogP contribution in [0.3, 0.4) is 0 Å². The van der Waals surface area contributed by atoms with Crippen molar-refractivity contribution in [2.45, 2.75) is 19.0 Å². The smallest absolute Gasteiger partial charge is 0.407 e. The first kappa shape index (κ1) is 14.0. The Hall–Kier alpha value is -1.46. The standard InChI is InChI=1S/C13H18ClN3O2/c1-19-13(18)16-9-5-6-17(8-9)12-4-2-3-11(14)10(12)7-15/h2-4,9H,5-8,15H2,1H3,(H,16,18). The molecule has 3 N–H and O–H groups in total. The average molecular weight is 284 g/mol. The van der Waals surface area contributed by atoms with E-state index >= 15 is 0 Å². The third-order valence-corrected chi connectivity index (χ3v) is 3.69. The summed E-state index contributed by atoms with van der Waals surface area (Å²) in [6.45, 7) is 2.01. The van der Waals surface area contributed by atoms with Crippen LogP contribution in [0.4, 0.5) is 10.5 Å². The van der Waals surface area contributed by atoms with Crippen LogP contribution < -0.4 is 16.0 Å². The molecule has 1 unspecified atom stereocenters. The molecule has 0 radical (unpaired) electrons. The molecular weight excluding hydrogens is 266 g/mol. The fraction of sp³-hybridized carbons (Fsp3) is 0.462. The molecule has 1 fully saturated rings. The van der Waals surface area contributed by atoms with Crippen LogP contribution >= 0.6 is 11.6 Å². The van der Waals surface area contributed by atoms with E-state index in [1.807, 2.05) is 18.2 Å². The number of carbonyl (C=O) groups excluding carboxylic acids is 1. The number of hydrogen-bond acceptors (Lipinski definition) is 4. The number of hydrogen-bond donors (Lipinski definition) is 2. The lowest BCUT2D eigenvalue weighted by atomic mass is 10.1. The maximum atomic E-state index is 11.2. The zero-order chi connectivity index (χ0) is 13.8. The topological polar surface area (TPSA) is 67.6 Å². The van der Waals surface area contributed by atoms with E-state index < -0.39 is 6.09 Å². The summed E-state index contributed by atoms with van der Waals surface area (Å²) in [4.78, 5) is 13.4. The van der Waals surface area contributed by atoms with Gasteiger partial charge in [0.25, 0.3) is 0 Å². The van der Waals surface area contributed by atoms with Gasteiger partial charge in [0, 0.05) is 35.9 Å². The van der Waals surface area contributed by atoms with Crippen LogP contribution in [0.1, 0.15) is 12.0 Å². The Balaban J connectivity index is 2.09. The molecule has 1 saturated heterocycles. The first-order chi connectivity index (χ1) is 9.15. The van der Waals surface area contributed by atoms with Crippen molar-refractivity contribution in [1.29, 1.82) is 0 Å². The van der Waals surface area contributed by atoms with E-state index in [1.54, 1.807) is 0 Å². The molecule has 1 atom stereocenters. The lowest BCUT2D eigenvalue weighted by Crippen LogP contribution is -2.37. The van der Waals surface area contributed by atoms with Crippen LogP contribution in [-0.4, -0.2) is 32.3 Å². The molecule has 1 aromatic rings. The summed E-state index contributed by atoms with van der Waals surface area (Å²) < 4.78 is 4.61. The Kier molecular flexibility index (Phi) is 4.50. The van der Waals surface area contributed by atoms with Crippen LogP contribution in [0.2, 0.25) is 5.02 Å². The second kappa shape index (κ2) is 6.12. The van der Waals surface area contributed by atoms with Gasteiger partial charge in [-0.1, -0.05) is 17.7 Å². The van der Waals surface area contributed by atoms with Gasteiger partial charge in [-0.2, -0.15) is 0 Å². The average Bonchev–Trinajstić information content (AvgIpc) is 2.86. The number of methoxy groups -OCH3 is 1. The van der Waals surface area contributed by atoms with E-state index in [9.17, 15) is 4.79 Å². The molecule has 0 aliphatic carbocycles. The minimum Gasteiger partial charge on any atom is -0.453 e. The zero-order valence-corrected chi connectivity index (χ0v) is 11.6. The number of anilines is 1. The number of ether oxygens (including phenoxy) is 1. The van der Waals surface area contributed by atoms with E-state index in [0.717, 1.165) is 30.8 Å². The van der Waals surface area contributed by atoms with E-state index in [4.69, 9.17) is 17.3 Å².